The summed E-state index contributed by atoms with van der Waals surface area (Å²) < 4.78 is 5.20. The molecule has 0 spiro atoms. The SMILES string of the molecule is COc1cccc(SCC(=O)N2CCc3ccccc32)c1. The molecule has 1 heterocycles. The predicted octanol–water partition coefficient (Wildman–Crippen LogP) is 3.38. The highest BCUT2D eigenvalue weighted by Crippen LogP contribution is 2.29. The lowest BCUT2D eigenvalue weighted by molar-refractivity contribution is -0.116. The van der Waals surface area contributed by atoms with Crippen LogP contribution in [0.1, 0.15) is 5.56 Å². The van der Waals surface area contributed by atoms with Crippen LogP contribution in [-0.4, -0.2) is 25.3 Å². The summed E-state index contributed by atoms with van der Waals surface area (Å²) in [6.07, 6.45) is 0.950. The van der Waals surface area contributed by atoms with Crippen molar-refractivity contribution in [1.29, 1.82) is 0 Å². The molecular weight excluding hydrogens is 282 g/mol. The minimum Gasteiger partial charge on any atom is -0.497 e. The number of ether oxygens (including phenoxy) is 1. The molecule has 2 aromatic carbocycles. The molecule has 4 heteroatoms. The van der Waals surface area contributed by atoms with Crippen LogP contribution in [0, 0.1) is 0 Å². The highest BCUT2D eigenvalue weighted by atomic mass is 32.2. The largest absolute Gasteiger partial charge is 0.497 e. The molecule has 0 saturated heterocycles. The number of benzene rings is 2. The van der Waals surface area contributed by atoms with Crippen molar-refractivity contribution < 1.29 is 9.53 Å². The number of fused-ring (bicyclic) bond motifs is 1. The predicted molar refractivity (Wildman–Crippen MR) is 86.2 cm³/mol. The molecule has 21 heavy (non-hydrogen) atoms. The maximum atomic E-state index is 12.4. The molecule has 0 unspecified atom stereocenters. The summed E-state index contributed by atoms with van der Waals surface area (Å²) in [4.78, 5) is 15.4. The number of rotatable bonds is 4. The van der Waals surface area contributed by atoms with Crippen LogP contribution in [0.3, 0.4) is 0 Å². The molecule has 1 aliphatic rings. The summed E-state index contributed by atoms with van der Waals surface area (Å²) in [7, 11) is 1.65. The van der Waals surface area contributed by atoms with Gasteiger partial charge in [0, 0.05) is 17.1 Å². The minimum atomic E-state index is 0.160. The van der Waals surface area contributed by atoms with Crippen LogP contribution in [0.5, 0.6) is 5.75 Å². The van der Waals surface area contributed by atoms with E-state index >= 15 is 0 Å². The second-order valence-corrected chi connectivity index (χ2v) is 5.94. The molecular formula is C17H17NO2S. The van der Waals surface area contributed by atoms with Crippen molar-refractivity contribution in [2.24, 2.45) is 0 Å². The Morgan fingerprint density at radius 3 is 2.95 bits per heavy atom. The zero-order chi connectivity index (χ0) is 14.7. The number of carbonyl (C=O) groups is 1. The van der Waals surface area contributed by atoms with Crippen molar-refractivity contribution in [3.05, 3.63) is 54.1 Å². The molecule has 3 rings (SSSR count). The Morgan fingerprint density at radius 2 is 2.10 bits per heavy atom. The van der Waals surface area contributed by atoms with Crippen molar-refractivity contribution in [3.8, 4) is 5.75 Å². The van der Waals surface area contributed by atoms with Gasteiger partial charge < -0.3 is 9.64 Å². The second kappa shape index (κ2) is 6.22. The molecule has 0 radical (unpaired) electrons. The molecule has 0 aromatic heterocycles. The Morgan fingerprint density at radius 1 is 1.24 bits per heavy atom. The lowest BCUT2D eigenvalue weighted by Crippen LogP contribution is -2.30. The third-order valence-corrected chi connectivity index (χ3v) is 4.57. The molecule has 0 fully saturated rings. The van der Waals surface area contributed by atoms with Crippen molar-refractivity contribution in [1.82, 2.24) is 0 Å². The first-order valence-corrected chi connectivity index (χ1v) is 7.91. The molecule has 3 nitrogen and oxygen atoms in total. The summed E-state index contributed by atoms with van der Waals surface area (Å²) >= 11 is 1.55. The summed E-state index contributed by atoms with van der Waals surface area (Å²) in [6, 6.07) is 15.9. The summed E-state index contributed by atoms with van der Waals surface area (Å²) in [5.41, 5.74) is 2.32. The van der Waals surface area contributed by atoms with Gasteiger partial charge in [-0.15, -0.1) is 11.8 Å². The van der Waals surface area contributed by atoms with E-state index in [4.69, 9.17) is 4.74 Å². The molecule has 2 aromatic rings. The molecule has 1 amide bonds. The number of para-hydroxylation sites is 1. The minimum absolute atomic E-state index is 0.160. The number of anilines is 1. The van der Waals surface area contributed by atoms with Crippen molar-refractivity contribution in [2.75, 3.05) is 24.3 Å². The van der Waals surface area contributed by atoms with Gasteiger partial charge in [-0.3, -0.25) is 4.79 Å². The molecule has 0 aliphatic carbocycles. The normalized spacial score (nSPS) is 13.1. The van der Waals surface area contributed by atoms with Crippen molar-refractivity contribution in [2.45, 2.75) is 11.3 Å². The van der Waals surface area contributed by atoms with E-state index in [1.807, 2.05) is 47.4 Å². The van der Waals surface area contributed by atoms with Gasteiger partial charge in [0.15, 0.2) is 0 Å². The van der Waals surface area contributed by atoms with Gasteiger partial charge in [-0.25, -0.2) is 0 Å². The van der Waals surface area contributed by atoms with Crippen LogP contribution in [0.2, 0.25) is 0 Å². The molecule has 108 valence electrons. The molecule has 0 N–H and O–H groups in total. The fourth-order valence-corrected chi connectivity index (χ4v) is 3.33. The number of methoxy groups -OCH3 is 1. The lowest BCUT2D eigenvalue weighted by Gasteiger charge is -2.17. The summed E-state index contributed by atoms with van der Waals surface area (Å²) in [6.45, 7) is 0.789. The van der Waals surface area contributed by atoms with Gasteiger partial charge in [0.05, 0.1) is 12.9 Å². The Hall–Kier alpha value is -1.94. The number of carbonyl (C=O) groups excluding carboxylic acids is 1. The van der Waals surface area contributed by atoms with Gasteiger partial charge in [0.2, 0.25) is 5.91 Å². The standard InChI is InChI=1S/C17H17NO2S/c1-20-14-6-4-7-15(11-14)21-12-17(19)18-10-9-13-5-2-3-8-16(13)18/h2-8,11H,9-10,12H2,1H3. The number of amides is 1. The maximum Gasteiger partial charge on any atom is 0.237 e. The van der Waals surface area contributed by atoms with Crippen LogP contribution >= 0.6 is 11.8 Å². The van der Waals surface area contributed by atoms with Gasteiger partial charge in [0.25, 0.3) is 0 Å². The van der Waals surface area contributed by atoms with Crippen LogP contribution in [0.15, 0.2) is 53.4 Å². The van der Waals surface area contributed by atoms with Gasteiger partial charge in [-0.05, 0) is 36.2 Å². The van der Waals surface area contributed by atoms with Gasteiger partial charge in [-0.2, -0.15) is 0 Å². The number of hydrogen-bond acceptors (Lipinski definition) is 3. The molecule has 0 bridgehead atoms. The Bertz CT molecular complexity index is 657. The average Bonchev–Trinajstić information content (AvgIpc) is 2.97. The Labute approximate surface area is 128 Å². The van der Waals surface area contributed by atoms with Crippen LogP contribution in [0.4, 0.5) is 5.69 Å². The van der Waals surface area contributed by atoms with E-state index in [9.17, 15) is 4.79 Å². The summed E-state index contributed by atoms with van der Waals surface area (Å²) in [5, 5.41) is 0. The topological polar surface area (TPSA) is 29.5 Å². The van der Waals surface area contributed by atoms with E-state index in [1.54, 1.807) is 18.9 Å². The maximum absolute atomic E-state index is 12.4. The van der Waals surface area contributed by atoms with E-state index < -0.39 is 0 Å². The first-order valence-electron chi connectivity index (χ1n) is 6.93. The van der Waals surface area contributed by atoms with E-state index in [-0.39, 0.29) is 5.91 Å². The zero-order valence-corrected chi connectivity index (χ0v) is 12.7. The monoisotopic (exact) mass is 299 g/mol. The second-order valence-electron chi connectivity index (χ2n) is 4.89. The molecule has 1 aliphatic heterocycles. The van der Waals surface area contributed by atoms with Gasteiger partial charge in [0.1, 0.15) is 5.75 Å². The van der Waals surface area contributed by atoms with Gasteiger partial charge in [-0.1, -0.05) is 24.3 Å². The van der Waals surface area contributed by atoms with Gasteiger partial charge >= 0.3 is 0 Å². The van der Waals surface area contributed by atoms with Crippen LogP contribution < -0.4 is 9.64 Å². The highest BCUT2D eigenvalue weighted by molar-refractivity contribution is 8.00. The van der Waals surface area contributed by atoms with E-state index in [0.717, 1.165) is 29.3 Å². The van der Waals surface area contributed by atoms with Crippen LogP contribution in [0.25, 0.3) is 0 Å². The first kappa shape index (κ1) is 14.0. The fourth-order valence-electron chi connectivity index (χ4n) is 2.51. The number of thioether (sulfide) groups is 1. The number of hydrogen-bond donors (Lipinski definition) is 0. The molecule has 0 saturated carbocycles. The Kier molecular flexibility index (Phi) is 4.15. The zero-order valence-electron chi connectivity index (χ0n) is 11.9. The quantitative estimate of drug-likeness (QED) is 0.811. The van der Waals surface area contributed by atoms with Crippen molar-refractivity contribution in [3.63, 3.8) is 0 Å². The first-order chi connectivity index (χ1) is 10.3. The Balaban J connectivity index is 1.65. The highest BCUT2D eigenvalue weighted by Gasteiger charge is 2.23. The van der Waals surface area contributed by atoms with Crippen molar-refractivity contribution >= 4 is 23.4 Å². The smallest absolute Gasteiger partial charge is 0.237 e. The lowest BCUT2D eigenvalue weighted by atomic mass is 10.2. The fraction of sp³-hybridized carbons (Fsp3) is 0.235. The molecule has 0 atom stereocenters. The summed E-state index contributed by atoms with van der Waals surface area (Å²) in [5.74, 6) is 1.42. The number of nitrogens with zero attached hydrogens (tertiary/aromatic N) is 1. The third kappa shape index (κ3) is 3.05. The average molecular weight is 299 g/mol. The van der Waals surface area contributed by atoms with E-state index in [0.29, 0.717) is 5.75 Å². The van der Waals surface area contributed by atoms with Crippen LogP contribution in [-0.2, 0) is 11.2 Å². The van der Waals surface area contributed by atoms with E-state index in [1.165, 1.54) is 5.56 Å². The van der Waals surface area contributed by atoms with E-state index in [2.05, 4.69) is 6.07 Å². The third-order valence-electron chi connectivity index (χ3n) is 3.59.